The number of ether oxygens (including phenoxy) is 1. The molecule has 144 valence electrons. The second-order valence-corrected chi connectivity index (χ2v) is 6.94. The number of hydrogen-bond acceptors (Lipinski definition) is 5. The lowest BCUT2D eigenvalue weighted by Gasteiger charge is -2.19. The highest BCUT2D eigenvalue weighted by Gasteiger charge is 2.30. The molecule has 0 saturated carbocycles. The molecule has 7 heteroatoms. The summed E-state index contributed by atoms with van der Waals surface area (Å²) in [7, 11) is 5.36. The van der Waals surface area contributed by atoms with Crippen LogP contribution in [0.2, 0.25) is 0 Å². The molecule has 1 atom stereocenters. The lowest BCUT2D eigenvalue weighted by molar-refractivity contribution is -0.131. The van der Waals surface area contributed by atoms with Crippen LogP contribution in [0.15, 0.2) is 30.5 Å². The van der Waals surface area contributed by atoms with Gasteiger partial charge in [-0.05, 0) is 24.1 Å². The molecule has 1 aromatic carbocycles. The number of anilines is 1. The Morgan fingerprint density at radius 2 is 2.22 bits per heavy atom. The Bertz CT molecular complexity index is 812. The quantitative estimate of drug-likeness (QED) is 0.780. The molecule has 0 spiro atoms. The summed E-state index contributed by atoms with van der Waals surface area (Å²) in [6.07, 6.45) is 2.96. The Labute approximate surface area is 159 Å². The first kappa shape index (κ1) is 19.2. The molecule has 1 aromatic heterocycles. The Morgan fingerprint density at radius 3 is 2.93 bits per heavy atom. The highest BCUT2D eigenvalue weighted by atomic mass is 19.1. The van der Waals surface area contributed by atoms with Crippen molar-refractivity contribution in [2.24, 2.45) is 0 Å². The zero-order valence-corrected chi connectivity index (χ0v) is 16.0. The van der Waals surface area contributed by atoms with E-state index in [1.807, 2.05) is 30.0 Å². The van der Waals surface area contributed by atoms with Crippen LogP contribution in [0.4, 0.5) is 10.3 Å². The summed E-state index contributed by atoms with van der Waals surface area (Å²) in [6, 6.07) is 6.46. The van der Waals surface area contributed by atoms with Gasteiger partial charge in [0.25, 0.3) is 0 Å². The van der Waals surface area contributed by atoms with Crippen LogP contribution in [-0.4, -0.2) is 61.7 Å². The Kier molecular flexibility index (Phi) is 6.01. The molecule has 0 radical (unpaired) electrons. The third-order valence-corrected chi connectivity index (χ3v) is 4.79. The Morgan fingerprint density at radius 1 is 1.41 bits per heavy atom. The standard InChI is InChI=1S/C20H25FN4O2/c1-24(2)20-22-12-17(14-5-4-6-16(21)11-14)19(23-20)15-7-9-25(13-15)18(26)8-10-27-3/h4-6,11-12,15H,7-10,13H2,1-3H3. The molecule has 0 aliphatic carbocycles. The van der Waals surface area contributed by atoms with E-state index >= 15 is 0 Å². The molecule has 1 unspecified atom stereocenters. The molecule has 1 amide bonds. The van der Waals surface area contributed by atoms with Crippen molar-refractivity contribution in [1.29, 1.82) is 0 Å². The smallest absolute Gasteiger partial charge is 0.225 e. The fourth-order valence-electron chi connectivity index (χ4n) is 3.35. The molecule has 2 heterocycles. The van der Waals surface area contributed by atoms with E-state index in [0.717, 1.165) is 23.2 Å². The van der Waals surface area contributed by atoms with E-state index in [0.29, 0.717) is 32.1 Å². The highest BCUT2D eigenvalue weighted by molar-refractivity contribution is 5.77. The van der Waals surface area contributed by atoms with Crippen LogP contribution in [0.5, 0.6) is 0 Å². The van der Waals surface area contributed by atoms with Gasteiger partial charge in [-0.1, -0.05) is 12.1 Å². The van der Waals surface area contributed by atoms with Crippen molar-refractivity contribution < 1.29 is 13.9 Å². The van der Waals surface area contributed by atoms with Gasteiger partial charge in [-0.15, -0.1) is 0 Å². The van der Waals surface area contributed by atoms with E-state index in [1.165, 1.54) is 12.1 Å². The van der Waals surface area contributed by atoms with Crippen molar-refractivity contribution >= 4 is 11.9 Å². The van der Waals surface area contributed by atoms with E-state index in [2.05, 4.69) is 4.98 Å². The number of likely N-dealkylation sites (tertiary alicyclic amines) is 1. The third kappa shape index (κ3) is 4.42. The summed E-state index contributed by atoms with van der Waals surface area (Å²) in [5, 5.41) is 0. The first-order chi connectivity index (χ1) is 13.0. The number of carbonyl (C=O) groups excluding carboxylic acids is 1. The monoisotopic (exact) mass is 372 g/mol. The van der Waals surface area contributed by atoms with Gasteiger partial charge < -0.3 is 14.5 Å². The lowest BCUT2D eigenvalue weighted by atomic mass is 9.96. The number of rotatable bonds is 6. The number of methoxy groups -OCH3 is 1. The molecule has 2 aromatic rings. The van der Waals surface area contributed by atoms with Gasteiger partial charge in [0.15, 0.2) is 0 Å². The van der Waals surface area contributed by atoms with Crippen LogP contribution >= 0.6 is 0 Å². The summed E-state index contributed by atoms with van der Waals surface area (Å²) < 4.78 is 18.7. The molecule has 3 rings (SSSR count). The zero-order chi connectivity index (χ0) is 19.4. The molecule has 6 nitrogen and oxygen atoms in total. The fourth-order valence-corrected chi connectivity index (χ4v) is 3.35. The molecule has 1 saturated heterocycles. The predicted octanol–water partition coefficient (Wildman–Crippen LogP) is 2.70. The predicted molar refractivity (Wildman–Crippen MR) is 102 cm³/mol. The van der Waals surface area contributed by atoms with Crippen molar-refractivity contribution in [3.05, 3.63) is 42.0 Å². The topological polar surface area (TPSA) is 58.6 Å². The summed E-state index contributed by atoms with van der Waals surface area (Å²) in [6.45, 7) is 1.72. The molecule has 0 bridgehead atoms. The molecule has 1 aliphatic heterocycles. The molecule has 0 N–H and O–H groups in total. The number of aromatic nitrogens is 2. The molecular formula is C20H25FN4O2. The third-order valence-electron chi connectivity index (χ3n) is 4.79. The largest absolute Gasteiger partial charge is 0.384 e. The van der Waals surface area contributed by atoms with Gasteiger partial charge in [-0.2, -0.15) is 0 Å². The minimum Gasteiger partial charge on any atom is -0.384 e. The van der Waals surface area contributed by atoms with Crippen LogP contribution in [0, 0.1) is 5.82 Å². The van der Waals surface area contributed by atoms with E-state index < -0.39 is 0 Å². The van der Waals surface area contributed by atoms with E-state index in [-0.39, 0.29) is 17.6 Å². The van der Waals surface area contributed by atoms with Gasteiger partial charge in [0.2, 0.25) is 11.9 Å². The van der Waals surface area contributed by atoms with E-state index in [1.54, 1.807) is 19.4 Å². The minimum atomic E-state index is -0.294. The second-order valence-electron chi connectivity index (χ2n) is 6.94. The number of benzene rings is 1. The molecule has 27 heavy (non-hydrogen) atoms. The number of nitrogens with zero attached hydrogens (tertiary/aromatic N) is 4. The number of amides is 1. The maximum atomic E-state index is 13.7. The zero-order valence-electron chi connectivity index (χ0n) is 16.0. The van der Waals surface area contributed by atoms with Gasteiger partial charge in [0.05, 0.1) is 18.7 Å². The maximum Gasteiger partial charge on any atom is 0.225 e. The van der Waals surface area contributed by atoms with Crippen LogP contribution in [0.25, 0.3) is 11.1 Å². The Balaban J connectivity index is 1.91. The minimum absolute atomic E-state index is 0.0912. The Hall–Kier alpha value is -2.54. The van der Waals surface area contributed by atoms with Crippen molar-refractivity contribution in [3.8, 4) is 11.1 Å². The number of halogens is 1. The SMILES string of the molecule is COCCC(=O)N1CCC(c2nc(N(C)C)ncc2-c2cccc(F)c2)C1. The van der Waals surface area contributed by atoms with Crippen LogP contribution in [0.3, 0.4) is 0 Å². The summed E-state index contributed by atoms with van der Waals surface area (Å²) in [5.74, 6) is 0.497. The number of hydrogen-bond donors (Lipinski definition) is 0. The van der Waals surface area contributed by atoms with Crippen LogP contribution in [0.1, 0.15) is 24.5 Å². The van der Waals surface area contributed by atoms with Crippen LogP contribution in [-0.2, 0) is 9.53 Å². The van der Waals surface area contributed by atoms with Crippen molar-refractivity contribution in [2.75, 3.05) is 45.8 Å². The molecule has 1 aliphatic rings. The summed E-state index contributed by atoms with van der Waals surface area (Å²) in [5.41, 5.74) is 2.43. The average molecular weight is 372 g/mol. The van der Waals surface area contributed by atoms with Crippen LogP contribution < -0.4 is 4.90 Å². The van der Waals surface area contributed by atoms with Crippen molar-refractivity contribution in [3.63, 3.8) is 0 Å². The van der Waals surface area contributed by atoms with Gasteiger partial charge in [-0.25, -0.2) is 14.4 Å². The van der Waals surface area contributed by atoms with Gasteiger partial charge in [-0.3, -0.25) is 4.79 Å². The van der Waals surface area contributed by atoms with Crippen molar-refractivity contribution in [1.82, 2.24) is 14.9 Å². The normalized spacial score (nSPS) is 16.6. The molecular weight excluding hydrogens is 347 g/mol. The highest BCUT2D eigenvalue weighted by Crippen LogP contribution is 2.34. The maximum absolute atomic E-state index is 13.7. The van der Waals surface area contributed by atoms with Crippen molar-refractivity contribution in [2.45, 2.75) is 18.8 Å². The summed E-state index contributed by atoms with van der Waals surface area (Å²) >= 11 is 0. The fraction of sp³-hybridized carbons (Fsp3) is 0.450. The van der Waals surface area contributed by atoms with Gasteiger partial charge in [0, 0.05) is 52.0 Å². The van der Waals surface area contributed by atoms with Gasteiger partial charge in [0.1, 0.15) is 5.82 Å². The number of carbonyl (C=O) groups is 1. The second kappa shape index (κ2) is 8.43. The van der Waals surface area contributed by atoms with Gasteiger partial charge >= 0.3 is 0 Å². The first-order valence-electron chi connectivity index (χ1n) is 9.06. The lowest BCUT2D eigenvalue weighted by Crippen LogP contribution is -2.29. The average Bonchev–Trinajstić information content (AvgIpc) is 3.15. The first-order valence-corrected chi connectivity index (χ1v) is 9.06. The molecule has 1 fully saturated rings. The summed E-state index contributed by atoms with van der Waals surface area (Å²) in [4.78, 5) is 25.2. The van der Waals surface area contributed by atoms with E-state index in [9.17, 15) is 9.18 Å². The van der Waals surface area contributed by atoms with E-state index in [4.69, 9.17) is 9.72 Å².